The average Bonchev–Trinajstić information content (AvgIpc) is 2.74. The van der Waals surface area contributed by atoms with E-state index in [0.29, 0.717) is 10.8 Å². The van der Waals surface area contributed by atoms with Crippen molar-refractivity contribution in [1.29, 1.82) is 0 Å². The van der Waals surface area contributed by atoms with Gasteiger partial charge in [0.05, 0.1) is 22.7 Å². The van der Waals surface area contributed by atoms with Gasteiger partial charge in [-0.05, 0) is 48.5 Å². The first-order valence-corrected chi connectivity index (χ1v) is 10.4. The Bertz CT molecular complexity index is 1090. The molecule has 0 spiro atoms. The van der Waals surface area contributed by atoms with Crippen molar-refractivity contribution in [3.05, 3.63) is 83.9 Å². The van der Waals surface area contributed by atoms with Gasteiger partial charge >= 0.3 is 0 Å². The Balaban J connectivity index is 1.95. The summed E-state index contributed by atoms with van der Waals surface area (Å²) in [7, 11) is -2.66. The number of methoxy groups -OCH3 is 1. The quantitative estimate of drug-likeness (QED) is 0.562. The second-order valence-corrected chi connectivity index (χ2v) is 8.09. The van der Waals surface area contributed by atoms with E-state index in [1.165, 1.54) is 31.4 Å². The van der Waals surface area contributed by atoms with Crippen LogP contribution >= 0.6 is 11.6 Å². The van der Waals surface area contributed by atoms with E-state index < -0.39 is 22.5 Å². The summed E-state index contributed by atoms with van der Waals surface area (Å²) in [5.74, 6) is 0.0545. The molecule has 29 heavy (non-hydrogen) atoms. The summed E-state index contributed by atoms with van der Waals surface area (Å²) in [6.45, 7) is -0.512. The van der Waals surface area contributed by atoms with Crippen molar-refractivity contribution in [1.82, 2.24) is 0 Å². The molecule has 0 fully saturated rings. The molecule has 0 atom stereocenters. The number of hydrogen-bond acceptors (Lipinski definition) is 5. The van der Waals surface area contributed by atoms with E-state index in [1.54, 1.807) is 54.6 Å². The molecule has 0 aliphatic carbocycles. The van der Waals surface area contributed by atoms with E-state index in [-0.39, 0.29) is 16.3 Å². The number of sulfonamides is 1. The van der Waals surface area contributed by atoms with Crippen molar-refractivity contribution >= 4 is 33.2 Å². The van der Waals surface area contributed by atoms with Crippen LogP contribution in [0.2, 0.25) is 5.02 Å². The van der Waals surface area contributed by atoms with E-state index >= 15 is 0 Å². The van der Waals surface area contributed by atoms with Crippen molar-refractivity contribution in [3.8, 4) is 11.5 Å². The number of para-hydroxylation sites is 1. The Kier molecular flexibility index (Phi) is 6.41. The highest BCUT2D eigenvalue weighted by molar-refractivity contribution is 7.93. The predicted octanol–water partition coefficient (Wildman–Crippen LogP) is 4.15. The van der Waals surface area contributed by atoms with Crippen LogP contribution in [0.4, 0.5) is 5.69 Å². The molecule has 0 aliphatic heterocycles. The number of halogens is 1. The number of benzene rings is 3. The topological polar surface area (TPSA) is 72.9 Å². The zero-order chi connectivity index (χ0) is 20.9. The molecule has 0 unspecified atom stereocenters. The molecule has 0 aliphatic rings. The molecule has 3 aromatic rings. The number of hydrogen-bond donors (Lipinski definition) is 0. The second kappa shape index (κ2) is 8.98. The van der Waals surface area contributed by atoms with Crippen LogP contribution < -0.4 is 13.8 Å². The summed E-state index contributed by atoms with van der Waals surface area (Å²) in [5.41, 5.74) is 0.169. The van der Waals surface area contributed by atoms with Crippen LogP contribution in [0, 0.1) is 0 Å². The Labute approximate surface area is 174 Å². The second-order valence-electron chi connectivity index (χ2n) is 5.89. The number of carbonyl (C=O) groups is 1. The molecule has 0 heterocycles. The number of anilines is 1. The summed E-state index contributed by atoms with van der Waals surface area (Å²) in [4.78, 5) is 12.9. The normalized spacial score (nSPS) is 11.0. The molecule has 0 saturated carbocycles. The van der Waals surface area contributed by atoms with Crippen molar-refractivity contribution in [2.24, 2.45) is 0 Å². The molecule has 0 saturated heterocycles. The number of nitrogens with zero attached hydrogens (tertiary/aromatic N) is 1. The molecule has 0 bridgehead atoms. The van der Waals surface area contributed by atoms with Gasteiger partial charge in [0.1, 0.15) is 11.5 Å². The first-order chi connectivity index (χ1) is 13.9. The standard InChI is InChI=1S/C21H18ClNO5S/c1-27-17-13-11-16(12-14-17)23(29(25,26)18-7-3-2-4-8-18)21(24)15-28-20-10-6-5-9-19(20)22/h2-14H,15H2,1H3. The lowest BCUT2D eigenvalue weighted by atomic mass is 10.3. The minimum atomic E-state index is -4.16. The van der Waals surface area contributed by atoms with Crippen LogP contribution in [-0.4, -0.2) is 28.0 Å². The highest BCUT2D eigenvalue weighted by Crippen LogP contribution is 2.27. The molecule has 0 aromatic heterocycles. The van der Waals surface area contributed by atoms with Crippen LogP contribution in [0.1, 0.15) is 0 Å². The van der Waals surface area contributed by atoms with Crippen LogP contribution in [0.5, 0.6) is 11.5 Å². The maximum Gasteiger partial charge on any atom is 0.278 e. The summed E-state index contributed by atoms with van der Waals surface area (Å²) in [6, 6.07) is 20.5. The summed E-state index contributed by atoms with van der Waals surface area (Å²) < 4.78 is 37.7. The van der Waals surface area contributed by atoms with Crippen LogP contribution in [0.15, 0.2) is 83.8 Å². The van der Waals surface area contributed by atoms with Gasteiger partial charge in [0.2, 0.25) is 0 Å². The van der Waals surface area contributed by atoms with Crippen LogP contribution in [0.25, 0.3) is 0 Å². The Morgan fingerprint density at radius 2 is 1.55 bits per heavy atom. The number of amides is 1. The third-order valence-electron chi connectivity index (χ3n) is 4.00. The fourth-order valence-electron chi connectivity index (χ4n) is 2.59. The number of carbonyl (C=O) groups excluding carboxylic acids is 1. The minimum Gasteiger partial charge on any atom is -0.497 e. The predicted molar refractivity (Wildman–Crippen MR) is 111 cm³/mol. The zero-order valence-electron chi connectivity index (χ0n) is 15.5. The lowest BCUT2D eigenvalue weighted by molar-refractivity contribution is -0.119. The third kappa shape index (κ3) is 4.70. The first kappa shape index (κ1) is 20.7. The Morgan fingerprint density at radius 3 is 2.17 bits per heavy atom. The molecular formula is C21H18ClNO5S. The first-order valence-electron chi connectivity index (χ1n) is 8.58. The molecule has 0 radical (unpaired) electrons. The summed E-state index contributed by atoms with van der Waals surface area (Å²) in [6.07, 6.45) is 0. The van der Waals surface area contributed by atoms with Gasteiger partial charge in [0.15, 0.2) is 6.61 Å². The summed E-state index contributed by atoms with van der Waals surface area (Å²) >= 11 is 6.04. The molecule has 3 aromatic carbocycles. The van der Waals surface area contributed by atoms with Gasteiger partial charge in [-0.15, -0.1) is 0 Å². The largest absolute Gasteiger partial charge is 0.497 e. The number of ether oxygens (including phenoxy) is 2. The molecule has 150 valence electrons. The van der Waals surface area contributed by atoms with Gasteiger partial charge in [0.25, 0.3) is 15.9 Å². The molecule has 3 rings (SSSR count). The van der Waals surface area contributed by atoms with Crippen LogP contribution in [-0.2, 0) is 14.8 Å². The molecule has 0 N–H and O–H groups in total. The number of rotatable bonds is 7. The van der Waals surface area contributed by atoms with Crippen molar-refractivity contribution in [2.75, 3.05) is 18.0 Å². The van der Waals surface area contributed by atoms with Crippen molar-refractivity contribution < 1.29 is 22.7 Å². The highest BCUT2D eigenvalue weighted by Gasteiger charge is 2.31. The molecule has 1 amide bonds. The minimum absolute atomic E-state index is 0.0121. The molecule has 6 nitrogen and oxygen atoms in total. The van der Waals surface area contributed by atoms with Crippen molar-refractivity contribution in [2.45, 2.75) is 4.90 Å². The maximum absolute atomic E-state index is 13.2. The average molecular weight is 432 g/mol. The van der Waals surface area contributed by atoms with E-state index in [2.05, 4.69) is 0 Å². The zero-order valence-corrected chi connectivity index (χ0v) is 17.1. The van der Waals surface area contributed by atoms with Crippen LogP contribution in [0.3, 0.4) is 0 Å². The van der Waals surface area contributed by atoms with E-state index in [9.17, 15) is 13.2 Å². The maximum atomic E-state index is 13.2. The van der Waals surface area contributed by atoms with Gasteiger partial charge in [-0.1, -0.05) is 41.9 Å². The highest BCUT2D eigenvalue weighted by atomic mass is 35.5. The molecule has 8 heteroatoms. The van der Waals surface area contributed by atoms with Crippen molar-refractivity contribution in [3.63, 3.8) is 0 Å². The van der Waals surface area contributed by atoms with Gasteiger partial charge in [-0.2, -0.15) is 4.31 Å². The van der Waals surface area contributed by atoms with Gasteiger partial charge in [-0.3, -0.25) is 4.79 Å². The lowest BCUT2D eigenvalue weighted by Crippen LogP contribution is -2.40. The fraction of sp³-hybridized carbons (Fsp3) is 0.0952. The van der Waals surface area contributed by atoms with E-state index in [1.807, 2.05) is 0 Å². The SMILES string of the molecule is COc1ccc(N(C(=O)COc2ccccc2Cl)S(=O)(=O)c2ccccc2)cc1. The van der Waals surface area contributed by atoms with E-state index in [4.69, 9.17) is 21.1 Å². The van der Waals surface area contributed by atoms with Gasteiger partial charge < -0.3 is 9.47 Å². The lowest BCUT2D eigenvalue weighted by Gasteiger charge is -2.23. The Morgan fingerprint density at radius 1 is 0.931 bits per heavy atom. The fourth-order valence-corrected chi connectivity index (χ4v) is 4.21. The van der Waals surface area contributed by atoms with Gasteiger partial charge in [0, 0.05) is 0 Å². The monoisotopic (exact) mass is 431 g/mol. The molecular weight excluding hydrogens is 414 g/mol. The smallest absolute Gasteiger partial charge is 0.278 e. The Hall–Kier alpha value is -3.03. The summed E-state index contributed by atoms with van der Waals surface area (Å²) in [5, 5.41) is 0.321. The van der Waals surface area contributed by atoms with E-state index in [0.717, 1.165) is 4.31 Å². The third-order valence-corrected chi connectivity index (χ3v) is 6.08. The van der Waals surface area contributed by atoms with Gasteiger partial charge in [-0.25, -0.2) is 8.42 Å².